The molecule has 0 radical (unpaired) electrons. The summed E-state index contributed by atoms with van der Waals surface area (Å²) in [6, 6.07) is 3.50. The summed E-state index contributed by atoms with van der Waals surface area (Å²) in [5, 5.41) is -0.0779. The molecular weight excluding hydrogens is 304 g/mol. The average Bonchev–Trinajstić information content (AvgIpc) is 2.71. The van der Waals surface area contributed by atoms with Crippen LogP contribution >= 0.6 is 11.6 Å². The standard InChI is InChI=1S/C12H8ClF2N5O/c13-11-17-8-9(16)18-12(21)19-10(8)20(11)4-5-6(14)2-1-3-7(5)15/h1-3H,4H2,(H3,16,18,19,21). The van der Waals surface area contributed by atoms with Gasteiger partial charge in [0.2, 0.25) is 5.28 Å². The highest BCUT2D eigenvalue weighted by atomic mass is 35.5. The lowest BCUT2D eigenvalue weighted by Crippen LogP contribution is -2.15. The van der Waals surface area contributed by atoms with E-state index in [0.717, 1.165) is 12.1 Å². The Bertz CT molecular complexity index is 884. The van der Waals surface area contributed by atoms with Gasteiger partial charge in [0.05, 0.1) is 6.54 Å². The van der Waals surface area contributed by atoms with Gasteiger partial charge in [-0.2, -0.15) is 4.98 Å². The van der Waals surface area contributed by atoms with Crippen molar-refractivity contribution in [1.82, 2.24) is 19.5 Å². The van der Waals surface area contributed by atoms with Crippen molar-refractivity contribution in [2.75, 3.05) is 5.73 Å². The topological polar surface area (TPSA) is 89.6 Å². The van der Waals surface area contributed by atoms with Crippen molar-refractivity contribution in [3.8, 4) is 0 Å². The fraction of sp³-hybridized carbons (Fsp3) is 0.0833. The fourth-order valence-corrected chi connectivity index (χ4v) is 2.22. The molecule has 0 spiro atoms. The summed E-state index contributed by atoms with van der Waals surface area (Å²) in [5.74, 6) is -1.48. The molecule has 3 rings (SSSR count). The van der Waals surface area contributed by atoms with Crippen LogP contribution in [-0.2, 0) is 6.54 Å². The number of aromatic nitrogens is 4. The highest BCUT2D eigenvalue weighted by molar-refractivity contribution is 6.29. The summed E-state index contributed by atoms with van der Waals surface area (Å²) in [5.41, 5.74) is 4.93. The molecule has 0 aliphatic rings. The van der Waals surface area contributed by atoms with Crippen molar-refractivity contribution < 1.29 is 8.78 Å². The van der Waals surface area contributed by atoms with Crippen molar-refractivity contribution in [3.05, 3.63) is 51.2 Å². The second-order valence-corrected chi connectivity index (χ2v) is 4.63. The second kappa shape index (κ2) is 4.81. The number of anilines is 1. The number of hydrogen-bond acceptors (Lipinski definition) is 4. The number of nitrogens with zero attached hydrogens (tertiary/aromatic N) is 3. The van der Waals surface area contributed by atoms with Gasteiger partial charge >= 0.3 is 5.69 Å². The van der Waals surface area contributed by atoms with E-state index in [1.54, 1.807) is 0 Å². The number of nitrogens with two attached hydrogens (primary N) is 1. The number of hydrogen-bond donors (Lipinski definition) is 2. The predicted molar refractivity (Wildman–Crippen MR) is 73.0 cm³/mol. The number of rotatable bonds is 2. The van der Waals surface area contributed by atoms with E-state index < -0.39 is 17.3 Å². The van der Waals surface area contributed by atoms with Crippen LogP contribution in [0.25, 0.3) is 11.2 Å². The summed E-state index contributed by atoms with van der Waals surface area (Å²) in [7, 11) is 0. The van der Waals surface area contributed by atoms with Crippen molar-refractivity contribution in [2.24, 2.45) is 0 Å². The van der Waals surface area contributed by atoms with E-state index in [2.05, 4.69) is 15.0 Å². The number of halogens is 3. The first-order chi connectivity index (χ1) is 9.97. The third-order valence-electron chi connectivity index (χ3n) is 2.98. The fourth-order valence-electron chi connectivity index (χ4n) is 1.99. The molecule has 6 nitrogen and oxygen atoms in total. The molecule has 108 valence electrons. The lowest BCUT2D eigenvalue weighted by Gasteiger charge is -2.07. The van der Waals surface area contributed by atoms with Crippen molar-refractivity contribution in [1.29, 1.82) is 0 Å². The summed E-state index contributed by atoms with van der Waals surface area (Å²) >= 11 is 5.94. The molecule has 0 unspecified atom stereocenters. The third kappa shape index (κ3) is 2.23. The Kier molecular flexibility index (Phi) is 3.09. The molecule has 9 heteroatoms. The SMILES string of the molecule is Nc1[nH]c(=O)nc2c1nc(Cl)n2Cc1c(F)cccc1F. The van der Waals surface area contributed by atoms with Crippen LogP contribution in [0.4, 0.5) is 14.6 Å². The first-order valence-corrected chi connectivity index (χ1v) is 6.19. The number of imidazole rings is 1. The molecule has 0 aliphatic heterocycles. The lowest BCUT2D eigenvalue weighted by atomic mass is 10.2. The normalized spacial score (nSPS) is 11.2. The molecule has 1 aromatic carbocycles. The summed E-state index contributed by atoms with van der Waals surface area (Å²) in [4.78, 5) is 21.3. The average molecular weight is 312 g/mol. The Hall–Kier alpha value is -2.48. The Morgan fingerprint density at radius 2 is 1.95 bits per heavy atom. The van der Waals surface area contributed by atoms with Crippen LogP contribution in [-0.4, -0.2) is 19.5 Å². The van der Waals surface area contributed by atoms with Gasteiger partial charge in [-0.15, -0.1) is 0 Å². The number of nitrogen functional groups attached to an aromatic ring is 1. The molecule has 0 saturated carbocycles. The van der Waals surface area contributed by atoms with Crippen LogP contribution in [0.3, 0.4) is 0 Å². The Morgan fingerprint density at radius 1 is 1.29 bits per heavy atom. The van der Waals surface area contributed by atoms with Gasteiger partial charge in [0.1, 0.15) is 23.0 Å². The maximum Gasteiger partial charge on any atom is 0.348 e. The minimum absolute atomic E-state index is 0.0142. The Balaban J connectivity index is 2.22. The van der Waals surface area contributed by atoms with Crippen LogP contribution < -0.4 is 11.4 Å². The molecule has 3 N–H and O–H groups in total. The molecule has 0 fully saturated rings. The highest BCUT2D eigenvalue weighted by Gasteiger charge is 2.17. The summed E-state index contributed by atoms with van der Waals surface area (Å²) in [6.07, 6.45) is 0. The van der Waals surface area contributed by atoms with Crippen LogP contribution in [0.15, 0.2) is 23.0 Å². The van der Waals surface area contributed by atoms with Gasteiger partial charge in [0.25, 0.3) is 0 Å². The molecule has 0 bridgehead atoms. The van der Waals surface area contributed by atoms with Gasteiger partial charge in [-0.05, 0) is 23.7 Å². The van der Waals surface area contributed by atoms with E-state index in [4.69, 9.17) is 17.3 Å². The Labute approximate surface area is 121 Å². The highest BCUT2D eigenvalue weighted by Crippen LogP contribution is 2.23. The smallest absolute Gasteiger partial charge is 0.348 e. The summed E-state index contributed by atoms with van der Waals surface area (Å²) in [6.45, 7) is -0.260. The molecule has 0 atom stereocenters. The number of fused-ring (bicyclic) bond motifs is 1. The van der Waals surface area contributed by atoms with Gasteiger partial charge in [0.15, 0.2) is 5.65 Å². The van der Waals surface area contributed by atoms with E-state index in [1.165, 1.54) is 10.6 Å². The largest absolute Gasteiger partial charge is 0.383 e. The van der Waals surface area contributed by atoms with Gasteiger partial charge in [0, 0.05) is 5.56 Å². The van der Waals surface area contributed by atoms with Gasteiger partial charge in [-0.3, -0.25) is 9.55 Å². The van der Waals surface area contributed by atoms with Gasteiger partial charge in [-0.1, -0.05) is 6.07 Å². The van der Waals surface area contributed by atoms with E-state index in [1.807, 2.05) is 0 Å². The second-order valence-electron chi connectivity index (χ2n) is 4.30. The zero-order valence-electron chi connectivity index (χ0n) is 10.4. The zero-order valence-corrected chi connectivity index (χ0v) is 11.2. The molecule has 2 aromatic heterocycles. The monoisotopic (exact) mass is 311 g/mol. The molecule has 0 amide bonds. The summed E-state index contributed by atoms with van der Waals surface area (Å²) < 4.78 is 28.6. The molecule has 3 aromatic rings. The van der Waals surface area contributed by atoms with Gasteiger partial charge < -0.3 is 5.73 Å². The van der Waals surface area contributed by atoms with Crippen molar-refractivity contribution >= 4 is 28.6 Å². The number of H-pyrrole nitrogens is 1. The van der Waals surface area contributed by atoms with E-state index in [9.17, 15) is 13.6 Å². The molecule has 0 saturated heterocycles. The van der Waals surface area contributed by atoms with E-state index in [0.29, 0.717) is 0 Å². The third-order valence-corrected chi connectivity index (χ3v) is 3.26. The first-order valence-electron chi connectivity index (χ1n) is 5.82. The first kappa shape index (κ1) is 13.5. The minimum Gasteiger partial charge on any atom is -0.383 e. The molecular formula is C12H8ClF2N5O. The van der Waals surface area contributed by atoms with Crippen LogP contribution in [0.2, 0.25) is 5.28 Å². The lowest BCUT2D eigenvalue weighted by molar-refractivity contribution is 0.546. The number of benzene rings is 1. The van der Waals surface area contributed by atoms with E-state index in [-0.39, 0.29) is 34.4 Å². The predicted octanol–water partition coefficient (Wildman–Crippen LogP) is 1.68. The molecule has 0 aliphatic carbocycles. The molecule has 2 heterocycles. The van der Waals surface area contributed by atoms with Crippen LogP contribution in [0.1, 0.15) is 5.56 Å². The zero-order chi connectivity index (χ0) is 15.1. The Morgan fingerprint density at radius 3 is 2.62 bits per heavy atom. The number of nitrogens with one attached hydrogen (secondary N) is 1. The van der Waals surface area contributed by atoms with Crippen LogP contribution in [0, 0.1) is 11.6 Å². The van der Waals surface area contributed by atoms with E-state index >= 15 is 0 Å². The van der Waals surface area contributed by atoms with Crippen molar-refractivity contribution in [2.45, 2.75) is 6.54 Å². The van der Waals surface area contributed by atoms with Crippen molar-refractivity contribution in [3.63, 3.8) is 0 Å². The quantitative estimate of drug-likeness (QED) is 0.705. The van der Waals surface area contributed by atoms with Crippen LogP contribution in [0.5, 0.6) is 0 Å². The maximum atomic E-state index is 13.7. The minimum atomic E-state index is -0.731. The maximum absolute atomic E-state index is 13.7. The molecule has 21 heavy (non-hydrogen) atoms. The van der Waals surface area contributed by atoms with Gasteiger partial charge in [-0.25, -0.2) is 18.6 Å². The number of aromatic amines is 1.